The van der Waals surface area contributed by atoms with Crippen LogP contribution in [0, 0.1) is 5.92 Å². The lowest BCUT2D eigenvalue weighted by Crippen LogP contribution is -2.09. The molecule has 0 unspecified atom stereocenters. The van der Waals surface area contributed by atoms with Crippen molar-refractivity contribution in [2.75, 3.05) is 0 Å². The molecule has 0 bridgehead atoms. The largest absolute Gasteiger partial charge is 0.261 e. The van der Waals surface area contributed by atoms with Gasteiger partial charge >= 0.3 is 0 Å². The van der Waals surface area contributed by atoms with E-state index >= 15 is 0 Å². The Kier molecular flexibility index (Phi) is 12.4. The van der Waals surface area contributed by atoms with Gasteiger partial charge in [0.25, 0.3) is 0 Å². The average molecular weight is 490 g/mol. The van der Waals surface area contributed by atoms with Crippen LogP contribution in [0.2, 0.25) is 0 Å². The van der Waals surface area contributed by atoms with Gasteiger partial charge in [-0.15, -0.1) is 0 Å². The normalized spacial score (nSPS) is 12.3. The number of allylic oxidation sites excluding steroid dienone is 5. The molecule has 3 aromatic rings. The molecule has 0 saturated heterocycles. The van der Waals surface area contributed by atoms with E-state index in [-0.39, 0.29) is 5.92 Å². The van der Waals surface area contributed by atoms with Gasteiger partial charge in [0, 0.05) is 11.5 Å². The molecule has 0 aliphatic carbocycles. The molecule has 3 heteroatoms. The molecule has 0 amide bonds. The third-order valence-corrected chi connectivity index (χ3v) is 5.54. The van der Waals surface area contributed by atoms with E-state index in [0.29, 0.717) is 18.2 Å². The van der Waals surface area contributed by atoms with E-state index < -0.39 is 0 Å². The second kappa shape index (κ2) is 15.8. The SMILES string of the molecule is C=C/C(=C\C=C/C)c1ccc(C(=NCc2ccc(-c3ccccc3)cc2)N=C(N=C)C(C)C)cc1.CC. The highest BCUT2D eigenvalue weighted by Gasteiger charge is 2.09. The van der Waals surface area contributed by atoms with Crippen molar-refractivity contribution < 1.29 is 0 Å². The maximum atomic E-state index is 4.88. The van der Waals surface area contributed by atoms with Gasteiger partial charge in [-0.1, -0.05) is 137 Å². The van der Waals surface area contributed by atoms with Gasteiger partial charge in [-0.05, 0) is 41.5 Å². The summed E-state index contributed by atoms with van der Waals surface area (Å²) in [6, 6.07) is 27.1. The van der Waals surface area contributed by atoms with E-state index in [2.05, 4.69) is 92.8 Å². The summed E-state index contributed by atoms with van der Waals surface area (Å²) < 4.78 is 0. The third kappa shape index (κ3) is 8.80. The first-order chi connectivity index (χ1) is 18.0. The number of amidine groups is 2. The molecular formula is C34H39N3. The molecular weight excluding hydrogens is 450 g/mol. The summed E-state index contributed by atoms with van der Waals surface area (Å²) in [5.74, 6) is 1.47. The molecule has 0 saturated carbocycles. The first-order valence-corrected chi connectivity index (χ1v) is 12.9. The van der Waals surface area contributed by atoms with Crippen molar-refractivity contribution in [3.63, 3.8) is 0 Å². The first kappa shape index (κ1) is 29.1. The van der Waals surface area contributed by atoms with Crippen LogP contribution in [-0.2, 0) is 6.54 Å². The van der Waals surface area contributed by atoms with Crippen LogP contribution in [0.25, 0.3) is 16.7 Å². The molecule has 190 valence electrons. The third-order valence-electron chi connectivity index (χ3n) is 5.54. The lowest BCUT2D eigenvalue weighted by Gasteiger charge is -2.09. The van der Waals surface area contributed by atoms with Crippen molar-refractivity contribution in [3.8, 4) is 11.1 Å². The van der Waals surface area contributed by atoms with E-state index in [4.69, 9.17) is 9.98 Å². The minimum Gasteiger partial charge on any atom is -0.261 e. The van der Waals surface area contributed by atoms with Crippen molar-refractivity contribution in [3.05, 3.63) is 126 Å². The maximum Gasteiger partial charge on any atom is 0.157 e. The van der Waals surface area contributed by atoms with E-state index in [0.717, 1.165) is 22.3 Å². The zero-order valence-corrected chi connectivity index (χ0v) is 22.9. The number of hydrogen-bond acceptors (Lipinski definition) is 1. The summed E-state index contributed by atoms with van der Waals surface area (Å²) in [6.07, 6.45) is 7.92. The number of rotatable bonds is 8. The summed E-state index contributed by atoms with van der Waals surface area (Å²) in [6.45, 7) is 18.3. The standard InChI is InChI=1S/C32H33N3.C2H6/c1-6-8-12-26(7-2)28-19-21-30(22-20-28)32(35-31(33-5)24(3)4)34-23-25-15-17-29(18-16-25)27-13-10-9-11-14-27;1-2/h6-22,24H,2,5,23H2,1,3-4H3;1-2H3/b8-6-,26-12+,34-32?,35-31?;. The van der Waals surface area contributed by atoms with E-state index in [1.807, 2.05) is 63.3 Å². The number of benzene rings is 3. The Morgan fingerprint density at radius 2 is 1.43 bits per heavy atom. The van der Waals surface area contributed by atoms with Crippen molar-refractivity contribution in [1.82, 2.24) is 0 Å². The lowest BCUT2D eigenvalue weighted by atomic mass is 10.0. The molecule has 3 aromatic carbocycles. The Bertz CT molecular complexity index is 1240. The Balaban J connectivity index is 0.00000235. The lowest BCUT2D eigenvalue weighted by molar-refractivity contribution is 0.875. The van der Waals surface area contributed by atoms with Crippen molar-refractivity contribution in [2.45, 2.75) is 41.2 Å². The Hall–Kier alpha value is -4.11. The summed E-state index contributed by atoms with van der Waals surface area (Å²) in [5.41, 5.74) is 6.60. The highest BCUT2D eigenvalue weighted by Crippen LogP contribution is 2.21. The molecule has 0 radical (unpaired) electrons. The zero-order valence-electron chi connectivity index (χ0n) is 22.9. The van der Waals surface area contributed by atoms with Gasteiger partial charge in [-0.3, -0.25) is 4.99 Å². The average Bonchev–Trinajstić information content (AvgIpc) is 2.95. The second-order valence-electron chi connectivity index (χ2n) is 8.41. The molecule has 0 spiro atoms. The van der Waals surface area contributed by atoms with Gasteiger partial charge in [0.2, 0.25) is 0 Å². The van der Waals surface area contributed by atoms with Crippen LogP contribution in [0.15, 0.2) is 125 Å². The van der Waals surface area contributed by atoms with Gasteiger partial charge in [-0.25, -0.2) is 9.98 Å². The monoisotopic (exact) mass is 489 g/mol. The Morgan fingerprint density at radius 1 is 0.838 bits per heavy atom. The van der Waals surface area contributed by atoms with Crippen molar-refractivity contribution in [1.29, 1.82) is 0 Å². The summed E-state index contributed by atoms with van der Waals surface area (Å²) in [4.78, 5) is 13.8. The molecule has 0 N–H and O–H groups in total. The maximum absolute atomic E-state index is 4.88. The summed E-state index contributed by atoms with van der Waals surface area (Å²) in [5, 5.41) is 0. The van der Waals surface area contributed by atoms with E-state index in [1.54, 1.807) is 0 Å². The topological polar surface area (TPSA) is 37.1 Å². The van der Waals surface area contributed by atoms with Gasteiger partial charge in [0.15, 0.2) is 5.84 Å². The fourth-order valence-electron chi connectivity index (χ4n) is 3.54. The quantitative estimate of drug-likeness (QED) is 0.172. The van der Waals surface area contributed by atoms with E-state index in [1.165, 1.54) is 11.1 Å². The zero-order chi connectivity index (χ0) is 27.0. The predicted molar refractivity (Wildman–Crippen MR) is 165 cm³/mol. The van der Waals surface area contributed by atoms with Crippen LogP contribution >= 0.6 is 0 Å². The molecule has 0 atom stereocenters. The molecule has 0 aliphatic heterocycles. The second-order valence-corrected chi connectivity index (χ2v) is 8.41. The van der Waals surface area contributed by atoms with Crippen LogP contribution in [0.5, 0.6) is 0 Å². The van der Waals surface area contributed by atoms with E-state index in [9.17, 15) is 0 Å². The summed E-state index contributed by atoms with van der Waals surface area (Å²) in [7, 11) is 0. The van der Waals surface area contributed by atoms with Gasteiger partial charge < -0.3 is 0 Å². The number of nitrogens with zero attached hydrogens (tertiary/aromatic N) is 3. The van der Waals surface area contributed by atoms with Crippen LogP contribution in [0.1, 0.15) is 51.3 Å². The number of aliphatic imine (C=N–C) groups is 3. The van der Waals surface area contributed by atoms with Crippen LogP contribution in [0.3, 0.4) is 0 Å². The number of hydrogen-bond donors (Lipinski definition) is 0. The highest BCUT2D eigenvalue weighted by molar-refractivity contribution is 6.07. The summed E-state index contributed by atoms with van der Waals surface area (Å²) >= 11 is 0. The Morgan fingerprint density at radius 3 is 1.97 bits per heavy atom. The first-order valence-electron chi connectivity index (χ1n) is 12.9. The molecule has 3 nitrogen and oxygen atoms in total. The van der Waals surface area contributed by atoms with Gasteiger partial charge in [0.1, 0.15) is 5.84 Å². The van der Waals surface area contributed by atoms with Crippen LogP contribution in [-0.4, -0.2) is 18.4 Å². The minimum atomic E-state index is 0.151. The Labute approximate surface area is 223 Å². The van der Waals surface area contributed by atoms with Crippen LogP contribution in [0.4, 0.5) is 0 Å². The predicted octanol–water partition coefficient (Wildman–Crippen LogP) is 9.23. The molecule has 0 heterocycles. The molecule has 0 aliphatic rings. The highest BCUT2D eigenvalue weighted by atomic mass is 15.0. The fourth-order valence-corrected chi connectivity index (χ4v) is 3.54. The van der Waals surface area contributed by atoms with Crippen molar-refractivity contribution in [2.24, 2.45) is 20.9 Å². The molecule has 0 fully saturated rings. The van der Waals surface area contributed by atoms with Crippen LogP contribution < -0.4 is 0 Å². The molecule has 3 rings (SSSR count). The fraction of sp³-hybridized carbons (Fsp3) is 0.206. The van der Waals surface area contributed by atoms with Gasteiger partial charge in [-0.2, -0.15) is 0 Å². The smallest absolute Gasteiger partial charge is 0.157 e. The van der Waals surface area contributed by atoms with Gasteiger partial charge in [0.05, 0.1) is 6.54 Å². The molecule has 0 aromatic heterocycles. The van der Waals surface area contributed by atoms with Crippen molar-refractivity contribution >= 4 is 24.0 Å². The molecule has 37 heavy (non-hydrogen) atoms. The minimum absolute atomic E-state index is 0.151.